The van der Waals surface area contributed by atoms with E-state index in [0.29, 0.717) is 0 Å². The third-order valence-electron chi connectivity index (χ3n) is 2.67. The summed E-state index contributed by atoms with van der Waals surface area (Å²) in [5, 5.41) is 17.1. The summed E-state index contributed by atoms with van der Waals surface area (Å²) in [7, 11) is 0. The maximum absolute atomic E-state index is 12.0. The van der Waals surface area contributed by atoms with Gasteiger partial charge in [-0.15, -0.1) is 11.3 Å². The topological polar surface area (TPSA) is 101 Å². The number of hydrogen-bond acceptors (Lipinski definition) is 5. The first kappa shape index (κ1) is 14.4. The normalized spacial score (nSPS) is 14.3. The van der Waals surface area contributed by atoms with Gasteiger partial charge in [-0.1, -0.05) is 5.16 Å². The van der Waals surface area contributed by atoms with E-state index in [-0.39, 0.29) is 17.8 Å². The van der Waals surface area contributed by atoms with Crippen molar-refractivity contribution in [2.75, 3.05) is 0 Å². The van der Waals surface area contributed by atoms with Crippen LogP contribution < -0.4 is 11.1 Å². The summed E-state index contributed by atoms with van der Waals surface area (Å²) in [6, 6.07) is -0.207. The van der Waals surface area contributed by atoms with Crippen LogP contribution in [0.4, 0.5) is 0 Å². The van der Waals surface area contributed by atoms with Crippen LogP contribution in [0, 0.1) is 12.3 Å². The number of oxime groups is 1. The van der Waals surface area contributed by atoms with E-state index in [1.807, 2.05) is 19.2 Å². The van der Waals surface area contributed by atoms with Crippen LogP contribution in [0.2, 0.25) is 0 Å². The van der Waals surface area contributed by atoms with Crippen molar-refractivity contribution in [1.29, 1.82) is 0 Å². The highest BCUT2D eigenvalue weighted by Crippen LogP contribution is 2.21. The Morgan fingerprint density at radius 3 is 2.72 bits per heavy atom. The van der Waals surface area contributed by atoms with Gasteiger partial charge in [-0.2, -0.15) is 0 Å². The zero-order chi connectivity index (χ0) is 13.9. The maximum Gasteiger partial charge on any atom is 0.233 e. The minimum absolute atomic E-state index is 0.123. The van der Waals surface area contributed by atoms with Crippen LogP contribution in [0.1, 0.15) is 37.5 Å². The second kappa shape index (κ2) is 5.34. The van der Waals surface area contributed by atoms with Gasteiger partial charge in [0.1, 0.15) is 10.4 Å². The summed E-state index contributed by atoms with van der Waals surface area (Å²) in [4.78, 5) is 16.4. The predicted molar refractivity (Wildman–Crippen MR) is 70.6 cm³/mol. The first-order chi connectivity index (χ1) is 8.28. The number of carbonyl (C=O) groups excluding carboxylic acids is 1. The minimum Gasteiger partial charge on any atom is -0.409 e. The number of carbonyl (C=O) groups is 1. The number of nitrogens with zero attached hydrogens (tertiary/aromatic N) is 2. The Balaban J connectivity index is 2.76. The summed E-state index contributed by atoms with van der Waals surface area (Å²) in [6.45, 7) is 6.93. The molecule has 1 unspecified atom stereocenters. The first-order valence-corrected chi connectivity index (χ1v) is 6.38. The first-order valence-electron chi connectivity index (χ1n) is 5.50. The van der Waals surface area contributed by atoms with Crippen LogP contribution in [-0.4, -0.2) is 21.9 Å². The minimum atomic E-state index is -1.06. The number of amidine groups is 1. The van der Waals surface area contributed by atoms with Crippen molar-refractivity contribution in [3.8, 4) is 0 Å². The molecule has 0 radical (unpaired) electrons. The molecule has 1 atom stereocenters. The fourth-order valence-corrected chi connectivity index (χ4v) is 2.05. The van der Waals surface area contributed by atoms with E-state index in [0.717, 1.165) is 10.7 Å². The molecule has 0 aliphatic carbocycles. The van der Waals surface area contributed by atoms with Gasteiger partial charge < -0.3 is 16.3 Å². The molecule has 0 fully saturated rings. The van der Waals surface area contributed by atoms with Crippen LogP contribution in [-0.2, 0) is 4.79 Å². The maximum atomic E-state index is 12.0. The second-order valence-corrected chi connectivity index (χ2v) is 5.52. The number of thiazole rings is 1. The number of amides is 1. The fraction of sp³-hybridized carbons (Fsp3) is 0.545. The highest BCUT2D eigenvalue weighted by Gasteiger charge is 2.33. The van der Waals surface area contributed by atoms with Crippen molar-refractivity contribution >= 4 is 23.1 Å². The lowest BCUT2D eigenvalue weighted by Gasteiger charge is -2.23. The van der Waals surface area contributed by atoms with Crippen molar-refractivity contribution in [3.05, 3.63) is 16.1 Å². The van der Waals surface area contributed by atoms with Gasteiger partial charge >= 0.3 is 0 Å². The fourth-order valence-electron chi connectivity index (χ4n) is 1.25. The summed E-state index contributed by atoms with van der Waals surface area (Å²) in [5.41, 5.74) is 5.36. The highest BCUT2D eigenvalue weighted by molar-refractivity contribution is 7.09. The number of nitrogens with one attached hydrogen (secondary N) is 1. The molecule has 100 valence electrons. The molecule has 1 heterocycles. The molecule has 0 saturated heterocycles. The Labute approximate surface area is 110 Å². The summed E-state index contributed by atoms with van der Waals surface area (Å²) < 4.78 is 0. The van der Waals surface area contributed by atoms with Crippen LogP contribution in [0.25, 0.3) is 0 Å². The number of nitrogens with two attached hydrogens (primary N) is 1. The molecule has 0 aliphatic heterocycles. The Bertz CT molecular complexity index is 467. The molecule has 0 bridgehead atoms. The Hall–Kier alpha value is -1.63. The molecule has 0 spiro atoms. The molecule has 4 N–H and O–H groups in total. The Kier molecular flexibility index (Phi) is 4.28. The average Bonchev–Trinajstić information content (AvgIpc) is 2.74. The third-order valence-corrected chi connectivity index (χ3v) is 3.82. The number of rotatable bonds is 4. The summed E-state index contributed by atoms with van der Waals surface area (Å²) in [5.74, 6) is -0.430. The smallest absolute Gasteiger partial charge is 0.233 e. The Morgan fingerprint density at radius 2 is 2.28 bits per heavy atom. The van der Waals surface area contributed by atoms with E-state index < -0.39 is 5.41 Å². The van der Waals surface area contributed by atoms with Crippen molar-refractivity contribution in [2.45, 2.75) is 33.7 Å². The van der Waals surface area contributed by atoms with Crippen molar-refractivity contribution < 1.29 is 10.0 Å². The van der Waals surface area contributed by atoms with E-state index in [2.05, 4.69) is 15.5 Å². The SMILES string of the molecule is Cc1csc(C(C)NC(=O)C(C)(C)C(N)=NO)n1. The lowest BCUT2D eigenvalue weighted by atomic mass is 9.90. The van der Waals surface area contributed by atoms with Crippen LogP contribution in [0.5, 0.6) is 0 Å². The Morgan fingerprint density at radius 1 is 1.67 bits per heavy atom. The highest BCUT2D eigenvalue weighted by atomic mass is 32.1. The van der Waals surface area contributed by atoms with Crippen LogP contribution >= 0.6 is 11.3 Å². The lowest BCUT2D eigenvalue weighted by molar-refractivity contribution is -0.127. The molecular weight excluding hydrogens is 252 g/mol. The molecule has 7 heteroatoms. The molecule has 0 saturated carbocycles. The molecule has 18 heavy (non-hydrogen) atoms. The largest absolute Gasteiger partial charge is 0.409 e. The van der Waals surface area contributed by atoms with E-state index in [4.69, 9.17) is 10.9 Å². The van der Waals surface area contributed by atoms with E-state index in [1.165, 1.54) is 11.3 Å². The van der Waals surface area contributed by atoms with Gasteiger partial charge in [-0.3, -0.25) is 4.79 Å². The van der Waals surface area contributed by atoms with E-state index >= 15 is 0 Å². The molecule has 0 aliphatic rings. The van der Waals surface area contributed by atoms with Gasteiger partial charge in [0.2, 0.25) is 5.91 Å². The molecule has 1 rings (SSSR count). The van der Waals surface area contributed by atoms with Gasteiger partial charge in [-0.25, -0.2) is 4.98 Å². The molecule has 6 nitrogen and oxygen atoms in total. The van der Waals surface area contributed by atoms with Crippen LogP contribution in [0.3, 0.4) is 0 Å². The van der Waals surface area contributed by atoms with Crippen LogP contribution in [0.15, 0.2) is 10.5 Å². The lowest BCUT2D eigenvalue weighted by Crippen LogP contribution is -2.46. The molecule has 1 aromatic heterocycles. The third kappa shape index (κ3) is 2.98. The number of aryl methyl sites for hydroxylation is 1. The van der Waals surface area contributed by atoms with Gasteiger partial charge in [0.05, 0.1) is 6.04 Å². The van der Waals surface area contributed by atoms with E-state index in [1.54, 1.807) is 13.8 Å². The molecule has 0 aromatic carbocycles. The summed E-state index contributed by atoms with van der Waals surface area (Å²) in [6.07, 6.45) is 0. The zero-order valence-electron chi connectivity index (χ0n) is 10.9. The second-order valence-electron chi connectivity index (χ2n) is 4.63. The average molecular weight is 270 g/mol. The van der Waals surface area contributed by atoms with Crippen molar-refractivity contribution in [1.82, 2.24) is 10.3 Å². The van der Waals surface area contributed by atoms with Gasteiger partial charge in [0, 0.05) is 11.1 Å². The van der Waals surface area contributed by atoms with E-state index in [9.17, 15) is 4.79 Å². The van der Waals surface area contributed by atoms with Gasteiger partial charge in [-0.05, 0) is 27.7 Å². The molecular formula is C11H18N4O2S. The quantitative estimate of drug-likeness (QED) is 0.333. The summed E-state index contributed by atoms with van der Waals surface area (Å²) >= 11 is 1.49. The molecule has 1 aromatic rings. The van der Waals surface area contributed by atoms with Gasteiger partial charge in [0.25, 0.3) is 0 Å². The van der Waals surface area contributed by atoms with Crippen molar-refractivity contribution in [2.24, 2.45) is 16.3 Å². The number of aromatic nitrogens is 1. The molecule has 1 amide bonds. The monoisotopic (exact) mass is 270 g/mol. The predicted octanol–water partition coefficient (Wildman–Crippen LogP) is 1.40. The standard InChI is InChI=1S/C11H18N4O2S/c1-6-5-18-8(13-6)7(2)14-10(16)11(3,4)9(12)15-17/h5,7,17H,1-4H3,(H2,12,15)(H,14,16). The van der Waals surface area contributed by atoms with Gasteiger partial charge in [0.15, 0.2) is 5.84 Å². The number of hydrogen-bond donors (Lipinski definition) is 3. The zero-order valence-corrected chi connectivity index (χ0v) is 11.7. The van der Waals surface area contributed by atoms with Crippen molar-refractivity contribution in [3.63, 3.8) is 0 Å².